The van der Waals surface area contributed by atoms with Gasteiger partial charge in [0.15, 0.2) is 0 Å². The van der Waals surface area contributed by atoms with Crippen LogP contribution in [0.25, 0.3) is 6.08 Å². The van der Waals surface area contributed by atoms with Crippen LogP contribution in [-0.4, -0.2) is 39.1 Å². The number of likely N-dealkylation sites (N-methyl/N-ethyl adjacent to an activating group) is 2. The highest BCUT2D eigenvalue weighted by Gasteiger charge is 1.86. The molecule has 0 amide bonds. The molecule has 1 rings (SSSR count). The molecule has 0 unspecified atom stereocenters. The maximum atomic E-state index is 3.69. The van der Waals surface area contributed by atoms with Gasteiger partial charge in [-0.15, -0.1) is 0 Å². The number of hydrogen-bond acceptors (Lipinski definition) is 2. The van der Waals surface area contributed by atoms with Gasteiger partial charge < -0.3 is 10.2 Å². The molecule has 0 saturated heterocycles. The normalized spacial score (nSPS) is 9.71. The van der Waals surface area contributed by atoms with Crippen molar-refractivity contribution in [3.63, 3.8) is 0 Å². The molecule has 0 fully saturated rings. The number of rotatable bonds is 5. The zero-order valence-electron chi connectivity index (χ0n) is 11.7. The minimum atomic E-state index is 1.08. The van der Waals surface area contributed by atoms with Crippen molar-refractivity contribution >= 4 is 6.08 Å². The van der Waals surface area contributed by atoms with E-state index in [1.807, 2.05) is 13.1 Å². The maximum Gasteiger partial charge on any atom is 0.0101 e. The van der Waals surface area contributed by atoms with Crippen LogP contribution >= 0.6 is 0 Å². The lowest BCUT2D eigenvalue weighted by Crippen LogP contribution is -2.23. The molecule has 1 N–H and O–H groups in total. The van der Waals surface area contributed by atoms with Gasteiger partial charge in [0.25, 0.3) is 0 Å². The maximum absolute atomic E-state index is 3.69. The van der Waals surface area contributed by atoms with E-state index in [4.69, 9.17) is 0 Å². The van der Waals surface area contributed by atoms with Gasteiger partial charge >= 0.3 is 0 Å². The summed E-state index contributed by atoms with van der Waals surface area (Å²) in [5.41, 5.74) is 2.57. The Morgan fingerprint density at radius 3 is 2.12 bits per heavy atom. The molecular formula is C15H26N2. The summed E-state index contributed by atoms with van der Waals surface area (Å²) in [7, 11) is 6.10. The molecule has 17 heavy (non-hydrogen) atoms. The van der Waals surface area contributed by atoms with Crippen LogP contribution < -0.4 is 5.32 Å². The Labute approximate surface area is 106 Å². The minimum absolute atomic E-state index is 1.08. The molecule has 0 atom stereocenters. The van der Waals surface area contributed by atoms with Crippen molar-refractivity contribution in [3.05, 3.63) is 42.0 Å². The van der Waals surface area contributed by atoms with Crippen molar-refractivity contribution in [1.29, 1.82) is 0 Å². The average molecular weight is 234 g/mol. The lowest BCUT2D eigenvalue weighted by atomic mass is 10.1. The van der Waals surface area contributed by atoms with E-state index in [1.54, 1.807) is 0 Å². The molecule has 0 aliphatic carbocycles. The number of nitrogens with zero attached hydrogens (tertiary/aromatic N) is 1. The molecule has 2 heteroatoms. The number of benzene rings is 1. The number of aryl methyl sites for hydroxylation is 1. The molecule has 96 valence electrons. The average Bonchev–Trinajstić information content (AvgIpc) is 2.37. The lowest BCUT2D eigenvalue weighted by Gasteiger charge is -2.06. The lowest BCUT2D eigenvalue weighted by molar-refractivity contribution is 0.407. The highest BCUT2D eigenvalue weighted by Crippen LogP contribution is 2.05. The molecule has 1 aromatic carbocycles. The van der Waals surface area contributed by atoms with E-state index < -0.39 is 0 Å². The van der Waals surface area contributed by atoms with Gasteiger partial charge in [-0.25, -0.2) is 0 Å². The fourth-order valence-corrected chi connectivity index (χ4v) is 1.22. The zero-order chi connectivity index (χ0) is 13.1. The van der Waals surface area contributed by atoms with Crippen LogP contribution in [0.5, 0.6) is 0 Å². The molecule has 0 aromatic heterocycles. The Hall–Kier alpha value is -1.12. The molecule has 0 saturated carbocycles. The topological polar surface area (TPSA) is 15.3 Å². The van der Waals surface area contributed by atoms with Crippen molar-refractivity contribution < 1.29 is 0 Å². The summed E-state index contributed by atoms with van der Waals surface area (Å²) < 4.78 is 0. The third kappa shape index (κ3) is 8.66. The first-order valence-electron chi connectivity index (χ1n) is 6.14. The second-order valence-corrected chi connectivity index (χ2v) is 4.21. The van der Waals surface area contributed by atoms with E-state index in [0.717, 1.165) is 19.5 Å². The van der Waals surface area contributed by atoms with Gasteiger partial charge in [0.05, 0.1) is 0 Å². The first-order valence-corrected chi connectivity index (χ1v) is 6.14. The Morgan fingerprint density at radius 1 is 1.24 bits per heavy atom. The molecule has 0 aliphatic rings. The predicted octanol–water partition coefficient (Wildman–Crippen LogP) is 2.66. The van der Waals surface area contributed by atoms with Crippen LogP contribution in [-0.2, 0) is 6.42 Å². The monoisotopic (exact) mass is 234 g/mol. The largest absolute Gasteiger partial charge is 0.318 e. The minimum Gasteiger partial charge on any atom is -0.318 e. The second-order valence-electron chi connectivity index (χ2n) is 4.21. The summed E-state index contributed by atoms with van der Waals surface area (Å²) in [5, 5.41) is 3.06. The van der Waals surface area contributed by atoms with Gasteiger partial charge in [0.1, 0.15) is 0 Å². The van der Waals surface area contributed by atoms with E-state index in [1.165, 1.54) is 11.1 Å². The molecule has 0 bridgehead atoms. The van der Waals surface area contributed by atoms with Crippen molar-refractivity contribution in [2.45, 2.75) is 13.3 Å². The van der Waals surface area contributed by atoms with Gasteiger partial charge in [-0.05, 0) is 38.7 Å². The Bertz CT molecular complexity index is 288. The van der Waals surface area contributed by atoms with Crippen LogP contribution in [0.1, 0.15) is 18.1 Å². The SMILES string of the molecule is C=Cc1ccc(CC)cc1.CNCCN(C)C. The van der Waals surface area contributed by atoms with Crippen LogP contribution in [0.3, 0.4) is 0 Å². The Balaban J connectivity index is 0.000000325. The van der Waals surface area contributed by atoms with Crippen molar-refractivity contribution in [2.24, 2.45) is 0 Å². The highest BCUT2D eigenvalue weighted by atomic mass is 15.1. The van der Waals surface area contributed by atoms with E-state index in [2.05, 4.69) is 62.1 Å². The second kappa shape index (κ2) is 10.1. The van der Waals surface area contributed by atoms with Gasteiger partial charge in [0, 0.05) is 13.1 Å². The van der Waals surface area contributed by atoms with Crippen molar-refractivity contribution in [3.8, 4) is 0 Å². The summed E-state index contributed by atoms with van der Waals surface area (Å²) in [5.74, 6) is 0. The first kappa shape index (κ1) is 15.9. The summed E-state index contributed by atoms with van der Waals surface area (Å²) in [4.78, 5) is 2.15. The van der Waals surface area contributed by atoms with Crippen molar-refractivity contribution in [2.75, 3.05) is 34.2 Å². The summed E-state index contributed by atoms with van der Waals surface area (Å²) in [6, 6.07) is 8.45. The molecule has 0 aliphatic heterocycles. The summed E-state index contributed by atoms with van der Waals surface area (Å²) in [6.07, 6.45) is 2.97. The summed E-state index contributed by atoms with van der Waals surface area (Å²) >= 11 is 0. The van der Waals surface area contributed by atoms with Crippen LogP contribution in [0.4, 0.5) is 0 Å². The van der Waals surface area contributed by atoms with Gasteiger partial charge in [-0.1, -0.05) is 43.8 Å². The van der Waals surface area contributed by atoms with Crippen LogP contribution in [0, 0.1) is 0 Å². The zero-order valence-corrected chi connectivity index (χ0v) is 11.7. The standard InChI is InChI=1S/C10H12.C5H14N2/c1-3-9-5-7-10(4-2)8-6-9;1-6-4-5-7(2)3/h3,5-8H,1,4H2,2H3;6H,4-5H2,1-3H3. The third-order valence-corrected chi connectivity index (χ3v) is 2.43. The Kier molecular flexibility index (Phi) is 9.40. The van der Waals surface area contributed by atoms with Crippen LogP contribution in [0.15, 0.2) is 30.8 Å². The predicted molar refractivity (Wildman–Crippen MR) is 78.4 cm³/mol. The van der Waals surface area contributed by atoms with Gasteiger partial charge in [-0.2, -0.15) is 0 Å². The van der Waals surface area contributed by atoms with Gasteiger partial charge in [0.2, 0.25) is 0 Å². The molecular weight excluding hydrogens is 208 g/mol. The molecule has 0 heterocycles. The van der Waals surface area contributed by atoms with Crippen molar-refractivity contribution in [1.82, 2.24) is 10.2 Å². The fourth-order valence-electron chi connectivity index (χ4n) is 1.22. The molecule has 2 nitrogen and oxygen atoms in total. The first-order chi connectivity index (χ1) is 8.13. The number of hydrogen-bond donors (Lipinski definition) is 1. The highest BCUT2D eigenvalue weighted by molar-refractivity contribution is 5.47. The molecule has 1 aromatic rings. The quantitative estimate of drug-likeness (QED) is 0.842. The van der Waals surface area contributed by atoms with E-state index in [9.17, 15) is 0 Å². The fraction of sp³-hybridized carbons (Fsp3) is 0.467. The number of nitrogens with one attached hydrogen (secondary N) is 1. The smallest absolute Gasteiger partial charge is 0.0101 e. The Morgan fingerprint density at radius 2 is 1.82 bits per heavy atom. The van der Waals surface area contributed by atoms with E-state index in [0.29, 0.717) is 0 Å². The van der Waals surface area contributed by atoms with E-state index >= 15 is 0 Å². The summed E-state index contributed by atoms with van der Waals surface area (Å²) in [6.45, 7) is 8.04. The molecule has 0 radical (unpaired) electrons. The third-order valence-electron chi connectivity index (χ3n) is 2.43. The van der Waals surface area contributed by atoms with E-state index in [-0.39, 0.29) is 0 Å². The van der Waals surface area contributed by atoms with Gasteiger partial charge in [-0.3, -0.25) is 0 Å². The van der Waals surface area contributed by atoms with Crippen LogP contribution in [0.2, 0.25) is 0 Å². The molecule has 0 spiro atoms.